The van der Waals surface area contributed by atoms with Crippen molar-refractivity contribution >= 4 is 27.8 Å². The number of anilines is 3. The van der Waals surface area contributed by atoms with E-state index in [9.17, 15) is 0 Å². The Labute approximate surface area is 387 Å². The smallest absolute Gasteiger partial charge is 0.0714 e. The predicted octanol–water partition coefficient (Wildman–Crippen LogP) is 16.5. The van der Waals surface area contributed by atoms with Crippen molar-refractivity contribution in [2.45, 2.75) is 41.9 Å². The Morgan fingerprint density at radius 3 is 1.17 bits per heavy atom. The highest BCUT2D eigenvalue weighted by Gasteiger charge is 2.53. The molecule has 14 rings (SSSR count). The molecule has 1 heteroatoms. The summed E-state index contributed by atoms with van der Waals surface area (Å²) in [4.78, 5) is 2.54. The Morgan fingerprint density at radius 2 is 0.621 bits per heavy atom. The number of fused-ring (bicyclic) bond motifs is 14. The molecule has 0 N–H and O–H groups in total. The molecular weight excluding hydrogens is 795 g/mol. The highest BCUT2D eigenvalue weighted by atomic mass is 15.1. The SMILES string of the molecule is c1ccc(C2(c3ccccc3)c3ccccc3-c3ccc(N(c4ccc5c(c4)C4(CCC6(CC4)c4ccccc4-c4ccccc46)c4ccccc4-5)c4ccc5ccccc5c4)cc32)cc1. The average molecular weight is 842 g/mol. The second kappa shape index (κ2) is 14.1. The summed E-state index contributed by atoms with van der Waals surface area (Å²) in [6, 6.07) is 89.7. The molecule has 0 aromatic heterocycles. The third kappa shape index (κ3) is 5.06. The van der Waals surface area contributed by atoms with Gasteiger partial charge >= 0.3 is 0 Å². The number of hydrogen-bond acceptors (Lipinski definition) is 1. The highest BCUT2D eigenvalue weighted by Crippen LogP contribution is 2.64. The van der Waals surface area contributed by atoms with Gasteiger partial charge in [-0.25, -0.2) is 0 Å². The molecule has 0 heterocycles. The lowest BCUT2D eigenvalue weighted by Crippen LogP contribution is -2.39. The minimum absolute atomic E-state index is 0.0247. The zero-order chi connectivity index (χ0) is 43.5. The van der Waals surface area contributed by atoms with Crippen molar-refractivity contribution in [3.05, 3.63) is 281 Å². The summed E-state index contributed by atoms with van der Waals surface area (Å²) in [6.45, 7) is 0. The standard InChI is InChI=1S/C65H47N/c1-3-19-46(20-4-1)65(47-21-5-2-6-22-47)60-30-16-12-26-54(60)56-36-34-50(43-62(56)65)66(48-32-31-44-17-7-8-18-45(44)41-48)49-33-35-55-53-25-11-15-29-59(53)64(61(55)42-49)39-37-63(38-40-64)57-27-13-9-23-51(57)52-24-10-14-28-58(52)63/h1-36,41-43H,37-40H2. The second-order valence-electron chi connectivity index (χ2n) is 19.2. The molecule has 2 spiro atoms. The molecule has 10 aromatic rings. The van der Waals surface area contributed by atoms with Crippen LogP contribution in [0.25, 0.3) is 44.2 Å². The van der Waals surface area contributed by atoms with Crippen LogP contribution in [0.15, 0.2) is 237 Å². The van der Waals surface area contributed by atoms with E-state index in [-0.39, 0.29) is 10.8 Å². The summed E-state index contributed by atoms with van der Waals surface area (Å²) in [7, 11) is 0. The Bertz CT molecular complexity index is 3470. The molecule has 0 unspecified atom stereocenters. The van der Waals surface area contributed by atoms with Gasteiger partial charge in [0.2, 0.25) is 0 Å². The summed E-state index contributed by atoms with van der Waals surface area (Å²) < 4.78 is 0. The van der Waals surface area contributed by atoms with Crippen LogP contribution in [0.4, 0.5) is 17.1 Å². The number of rotatable bonds is 5. The van der Waals surface area contributed by atoms with Gasteiger partial charge in [0.25, 0.3) is 0 Å². The number of nitrogens with zero attached hydrogens (tertiary/aromatic N) is 1. The van der Waals surface area contributed by atoms with Crippen molar-refractivity contribution in [3.8, 4) is 33.4 Å². The molecule has 10 aromatic carbocycles. The van der Waals surface area contributed by atoms with Gasteiger partial charge in [0.05, 0.1) is 5.41 Å². The maximum absolute atomic E-state index is 2.59. The van der Waals surface area contributed by atoms with Crippen molar-refractivity contribution in [3.63, 3.8) is 0 Å². The Morgan fingerprint density at radius 1 is 0.258 bits per heavy atom. The first kappa shape index (κ1) is 37.6. The van der Waals surface area contributed by atoms with Gasteiger partial charge in [0.1, 0.15) is 0 Å². The van der Waals surface area contributed by atoms with E-state index in [1.807, 2.05) is 0 Å². The molecule has 4 aliphatic rings. The molecule has 66 heavy (non-hydrogen) atoms. The zero-order valence-corrected chi connectivity index (χ0v) is 36.8. The van der Waals surface area contributed by atoms with Crippen LogP contribution in [0.1, 0.15) is 70.2 Å². The first-order chi connectivity index (χ1) is 32.7. The van der Waals surface area contributed by atoms with E-state index in [0.717, 1.165) is 37.1 Å². The van der Waals surface area contributed by atoms with Crippen LogP contribution in [0.3, 0.4) is 0 Å². The Balaban J connectivity index is 0.969. The minimum atomic E-state index is -0.501. The fourth-order valence-corrected chi connectivity index (χ4v) is 13.5. The molecule has 1 nitrogen and oxygen atoms in total. The van der Waals surface area contributed by atoms with Crippen LogP contribution < -0.4 is 4.90 Å². The third-order valence-corrected chi connectivity index (χ3v) is 16.3. The quantitative estimate of drug-likeness (QED) is 0.167. The van der Waals surface area contributed by atoms with Gasteiger partial charge in [-0.3, -0.25) is 0 Å². The maximum atomic E-state index is 2.59. The molecule has 1 fully saturated rings. The summed E-state index contributed by atoms with van der Waals surface area (Å²) >= 11 is 0. The van der Waals surface area contributed by atoms with Gasteiger partial charge in [-0.2, -0.15) is 0 Å². The van der Waals surface area contributed by atoms with Crippen LogP contribution in [0.2, 0.25) is 0 Å². The largest absolute Gasteiger partial charge is 0.310 e. The summed E-state index contributed by atoms with van der Waals surface area (Å²) in [6.07, 6.45) is 4.40. The third-order valence-electron chi connectivity index (χ3n) is 16.3. The normalized spacial score (nSPS) is 16.0. The molecule has 0 saturated heterocycles. The minimum Gasteiger partial charge on any atom is -0.310 e. The molecule has 0 amide bonds. The van der Waals surface area contributed by atoms with Gasteiger partial charge in [-0.1, -0.05) is 200 Å². The molecule has 0 bridgehead atoms. The van der Waals surface area contributed by atoms with Crippen molar-refractivity contribution in [1.29, 1.82) is 0 Å². The van der Waals surface area contributed by atoms with E-state index in [1.54, 1.807) is 0 Å². The fourth-order valence-electron chi connectivity index (χ4n) is 13.5. The number of hydrogen-bond donors (Lipinski definition) is 0. The monoisotopic (exact) mass is 841 g/mol. The van der Waals surface area contributed by atoms with E-state index < -0.39 is 5.41 Å². The zero-order valence-electron chi connectivity index (χ0n) is 36.8. The summed E-state index contributed by atoms with van der Waals surface area (Å²) in [5.74, 6) is 0. The molecular formula is C65H47N. The molecule has 4 aliphatic carbocycles. The first-order valence-corrected chi connectivity index (χ1v) is 23.8. The molecule has 0 radical (unpaired) electrons. The lowest BCUT2D eigenvalue weighted by Gasteiger charge is -2.45. The topological polar surface area (TPSA) is 3.24 Å². The molecule has 0 aliphatic heterocycles. The van der Waals surface area contributed by atoms with E-state index in [2.05, 4.69) is 241 Å². The van der Waals surface area contributed by atoms with Crippen LogP contribution in [0, 0.1) is 0 Å². The average Bonchev–Trinajstić information content (AvgIpc) is 3.95. The van der Waals surface area contributed by atoms with Crippen LogP contribution >= 0.6 is 0 Å². The first-order valence-electron chi connectivity index (χ1n) is 23.8. The summed E-state index contributed by atoms with van der Waals surface area (Å²) in [5.41, 5.74) is 22.3. The maximum Gasteiger partial charge on any atom is 0.0714 e. The second-order valence-corrected chi connectivity index (χ2v) is 19.2. The van der Waals surface area contributed by atoms with E-state index in [4.69, 9.17) is 0 Å². The number of benzene rings is 10. The van der Waals surface area contributed by atoms with Gasteiger partial charge in [0.15, 0.2) is 0 Å². The fraction of sp³-hybridized carbons (Fsp3) is 0.108. The molecule has 312 valence electrons. The lowest BCUT2D eigenvalue weighted by atomic mass is 9.57. The van der Waals surface area contributed by atoms with Crippen molar-refractivity contribution < 1.29 is 0 Å². The van der Waals surface area contributed by atoms with Crippen LogP contribution in [-0.4, -0.2) is 0 Å². The van der Waals surface area contributed by atoms with Crippen molar-refractivity contribution in [2.24, 2.45) is 0 Å². The predicted molar refractivity (Wildman–Crippen MR) is 273 cm³/mol. The van der Waals surface area contributed by atoms with Crippen molar-refractivity contribution in [1.82, 2.24) is 0 Å². The highest BCUT2D eigenvalue weighted by molar-refractivity contribution is 5.94. The van der Waals surface area contributed by atoms with E-state index in [1.165, 1.54) is 94.3 Å². The molecule has 1 saturated carbocycles. The van der Waals surface area contributed by atoms with Crippen LogP contribution in [0.5, 0.6) is 0 Å². The summed E-state index contributed by atoms with van der Waals surface area (Å²) in [5, 5.41) is 2.48. The Kier molecular flexibility index (Phi) is 8.05. The Hall–Kier alpha value is -7.74. The van der Waals surface area contributed by atoms with Gasteiger partial charge < -0.3 is 4.90 Å². The van der Waals surface area contributed by atoms with E-state index >= 15 is 0 Å². The van der Waals surface area contributed by atoms with Gasteiger partial charge in [-0.05, 0) is 151 Å². The van der Waals surface area contributed by atoms with Crippen molar-refractivity contribution in [2.75, 3.05) is 4.90 Å². The van der Waals surface area contributed by atoms with E-state index in [0.29, 0.717) is 0 Å². The van der Waals surface area contributed by atoms with Gasteiger partial charge in [-0.15, -0.1) is 0 Å². The van der Waals surface area contributed by atoms with Crippen LogP contribution in [-0.2, 0) is 16.2 Å². The molecule has 0 atom stereocenters. The lowest BCUT2D eigenvalue weighted by molar-refractivity contribution is 0.265. The van der Waals surface area contributed by atoms with Gasteiger partial charge in [0, 0.05) is 27.9 Å².